The van der Waals surface area contributed by atoms with E-state index in [4.69, 9.17) is 0 Å². The molecule has 0 radical (unpaired) electrons. The van der Waals surface area contributed by atoms with Crippen LogP contribution in [0.15, 0.2) is 24.7 Å². The SMILES string of the molecule is CN(C)c1ncnc2ncccc12. The molecule has 2 aromatic heterocycles. The summed E-state index contributed by atoms with van der Waals surface area (Å²) in [7, 11) is 3.91. The lowest BCUT2D eigenvalue weighted by atomic mass is 10.3. The van der Waals surface area contributed by atoms with Crippen molar-refractivity contribution in [3.8, 4) is 0 Å². The minimum atomic E-state index is 0.737. The van der Waals surface area contributed by atoms with Gasteiger partial charge < -0.3 is 4.90 Å². The Kier molecular flexibility index (Phi) is 1.81. The van der Waals surface area contributed by atoms with Crippen molar-refractivity contribution in [2.24, 2.45) is 0 Å². The molecule has 4 nitrogen and oxygen atoms in total. The van der Waals surface area contributed by atoms with Gasteiger partial charge in [-0.15, -0.1) is 0 Å². The molecule has 66 valence electrons. The van der Waals surface area contributed by atoms with Gasteiger partial charge in [-0.3, -0.25) is 0 Å². The summed E-state index contributed by atoms with van der Waals surface area (Å²) in [6, 6.07) is 3.86. The second-order valence-electron chi connectivity index (χ2n) is 2.97. The van der Waals surface area contributed by atoms with Crippen LogP contribution >= 0.6 is 0 Å². The lowest BCUT2D eigenvalue weighted by Crippen LogP contribution is -2.11. The minimum absolute atomic E-state index is 0.737. The first-order valence-electron chi connectivity index (χ1n) is 4.02. The van der Waals surface area contributed by atoms with E-state index in [2.05, 4.69) is 15.0 Å². The molecule has 0 bridgehead atoms. The van der Waals surface area contributed by atoms with Crippen LogP contribution in [0.5, 0.6) is 0 Å². The van der Waals surface area contributed by atoms with Crippen LogP contribution < -0.4 is 4.90 Å². The Bertz CT molecular complexity index is 419. The Morgan fingerprint density at radius 2 is 2.00 bits per heavy atom. The Balaban J connectivity index is 2.76. The summed E-state index contributed by atoms with van der Waals surface area (Å²) >= 11 is 0. The number of hydrogen-bond acceptors (Lipinski definition) is 4. The van der Waals surface area contributed by atoms with E-state index in [1.807, 2.05) is 31.1 Å². The van der Waals surface area contributed by atoms with Gasteiger partial charge in [-0.25, -0.2) is 15.0 Å². The minimum Gasteiger partial charge on any atom is -0.362 e. The molecule has 0 aliphatic rings. The van der Waals surface area contributed by atoms with E-state index in [9.17, 15) is 0 Å². The van der Waals surface area contributed by atoms with E-state index in [-0.39, 0.29) is 0 Å². The van der Waals surface area contributed by atoms with Gasteiger partial charge in [0.1, 0.15) is 12.1 Å². The molecule has 0 fully saturated rings. The van der Waals surface area contributed by atoms with Crippen molar-refractivity contribution in [2.75, 3.05) is 19.0 Å². The highest BCUT2D eigenvalue weighted by Gasteiger charge is 2.03. The number of anilines is 1. The third kappa shape index (κ3) is 1.30. The molecule has 0 aliphatic carbocycles. The first-order chi connectivity index (χ1) is 6.29. The van der Waals surface area contributed by atoms with Crippen molar-refractivity contribution in [3.63, 3.8) is 0 Å². The fourth-order valence-electron chi connectivity index (χ4n) is 1.24. The summed E-state index contributed by atoms with van der Waals surface area (Å²) in [5.41, 5.74) is 0.737. The third-order valence-corrected chi connectivity index (χ3v) is 1.81. The summed E-state index contributed by atoms with van der Waals surface area (Å²) in [4.78, 5) is 14.4. The lowest BCUT2D eigenvalue weighted by Gasteiger charge is -2.12. The Morgan fingerprint density at radius 1 is 1.15 bits per heavy atom. The van der Waals surface area contributed by atoms with Crippen LogP contribution in [0.3, 0.4) is 0 Å². The highest BCUT2D eigenvalue weighted by Crippen LogP contribution is 2.18. The summed E-state index contributed by atoms with van der Waals surface area (Å²) in [5.74, 6) is 0.901. The number of nitrogens with zero attached hydrogens (tertiary/aromatic N) is 4. The zero-order chi connectivity index (χ0) is 9.26. The quantitative estimate of drug-likeness (QED) is 0.649. The highest BCUT2D eigenvalue weighted by atomic mass is 15.1. The molecule has 0 unspecified atom stereocenters. The Labute approximate surface area is 76.3 Å². The Hall–Kier alpha value is -1.71. The predicted molar refractivity (Wildman–Crippen MR) is 51.7 cm³/mol. The van der Waals surface area contributed by atoms with E-state index in [1.54, 1.807) is 6.20 Å². The molecular weight excluding hydrogens is 164 g/mol. The average Bonchev–Trinajstić information content (AvgIpc) is 2.17. The van der Waals surface area contributed by atoms with Crippen LogP contribution in [-0.4, -0.2) is 29.0 Å². The molecule has 13 heavy (non-hydrogen) atoms. The van der Waals surface area contributed by atoms with Gasteiger partial charge in [-0.2, -0.15) is 0 Å². The molecule has 0 N–H and O–H groups in total. The molecule has 2 rings (SSSR count). The second-order valence-corrected chi connectivity index (χ2v) is 2.97. The van der Waals surface area contributed by atoms with Gasteiger partial charge in [0.2, 0.25) is 0 Å². The monoisotopic (exact) mass is 174 g/mol. The van der Waals surface area contributed by atoms with Gasteiger partial charge in [0.05, 0.1) is 5.39 Å². The van der Waals surface area contributed by atoms with Crippen LogP contribution in [0.25, 0.3) is 11.0 Å². The molecule has 2 aromatic rings. The van der Waals surface area contributed by atoms with E-state index < -0.39 is 0 Å². The predicted octanol–water partition coefficient (Wildman–Crippen LogP) is 1.09. The van der Waals surface area contributed by atoms with Crippen molar-refractivity contribution >= 4 is 16.9 Å². The molecule has 0 atom stereocenters. The number of fused-ring (bicyclic) bond motifs is 1. The maximum absolute atomic E-state index is 4.18. The molecular formula is C9H10N4. The van der Waals surface area contributed by atoms with E-state index in [0.717, 1.165) is 16.9 Å². The van der Waals surface area contributed by atoms with Gasteiger partial charge in [0, 0.05) is 20.3 Å². The average molecular weight is 174 g/mol. The van der Waals surface area contributed by atoms with E-state index in [0.29, 0.717) is 0 Å². The zero-order valence-corrected chi connectivity index (χ0v) is 7.60. The fraction of sp³-hybridized carbons (Fsp3) is 0.222. The molecule has 0 saturated carbocycles. The van der Waals surface area contributed by atoms with E-state index in [1.165, 1.54) is 6.33 Å². The second kappa shape index (κ2) is 2.97. The number of aromatic nitrogens is 3. The summed E-state index contributed by atoms with van der Waals surface area (Å²) in [6.45, 7) is 0. The van der Waals surface area contributed by atoms with Gasteiger partial charge in [-0.1, -0.05) is 0 Å². The maximum Gasteiger partial charge on any atom is 0.164 e. The van der Waals surface area contributed by atoms with Crippen LogP contribution in [0.4, 0.5) is 5.82 Å². The van der Waals surface area contributed by atoms with Crippen LogP contribution in [-0.2, 0) is 0 Å². The number of pyridine rings is 1. The molecule has 2 heterocycles. The molecule has 0 aromatic carbocycles. The smallest absolute Gasteiger partial charge is 0.164 e. The van der Waals surface area contributed by atoms with Gasteiger partial charge >= 0.3 is 0 Å². The topological polar surface area (TPSA) is 41.9 Å². The molecule has 0 saturated heterocycles. The summed E-state index contributed by atoms with van der Waals surface area (Å²) in [6.07, 6.45) is 3.26. The van der Waals surface area contributed by atoms with Crippen molar-refractivity contribution < 1.29 is 0 Å². The van der Waals surface area contributed by atoms with Crippen molar-refractivity contribution in [1.82, 2.24) is 15.0 Å². The van der Waals surface area contributed by atoms with Gasteiger partial charge in [0.15, 0.2) is 5.65 Å². The molecule has 0 spiro atoms. The largest absolute Gasteiger partial charge is 0.362 e. The molecule has 0 aliphatic heterocycles. The van der Waals surface area contributed by atoms with Crippen molar-refractivity contribution in [1.29, 1.82) is 0 Å². The van der Waals surface area contributed by atoms with Crippen LogP contribution in [0.2, 0.25) is 0 Å². The number of hydrogen-bond donors (Lipinski definition) is 0. The Morgan fingerprint density at radius 3 is 2.77 bits per heavy atom. The number of rotatable bonds is 1. The van der Waals surface area contributed by atoms with Crippen LogP contribution in [0, 0.1) is 0 Å². The normalized spacial score (nSPS) is 10.3. The van der Waals surface area contributed by atoms with Crippen LogP contribution in [0.1, 0.15) is 0 Å². The maximum atomic E-state index is 4.18. The summed E-state index contributed by atoms with van der Waals surface area (Å²) < 4.78 is 0. The van der Waals surface area contributed by atoms with Crippen molar-refractivity contribution in [2.45, 2.75) is 0 Å². The first-order valence-corrected chi connectivity index (χ1v) is 4.02. The highest BCUT2D eigenvalue weighted by molar-refractivity contribution is 5.86. The van der Waals surface area contributed by atoms with Crippen molar-refractivity contribution in [3.05, 3.63) is 24.7 Å². The lowest BCUT2D eigenvalue weighted by molar-refractivity contribution is 1.05. The summed E-state index contributed by atoms with van der Waals surface area (Å²) in [5, 5.41) is 0.981. The van der Waals surface area contributed by atoms with Gasteiger partial charge in [-0.05, 0) is 12.1 Å². The third-order valence-electron chi connectivity index (χ3n) is 1.81. The standard InChI is InChI=1S/C9H10N4/c1-13(2)9-7-4-3-5-10-8(7)11-6-12-9/h3-6H,1-2H3. The first kappa shape index (κ1) is 7.91. The zero-order valence-electron chi connectivity index (χ0n) is 7.60. The van der Waals surface area contributed by atoms with Gasteiger partial charge in [0.25, 0.3) is 0 Å². The van der Waals surface area contributed by atoms with E-state index >= 15 is 0 Å². The molecule has 4 heteroatoms. The molecule has 0 amide bonds. The fourth-order valence-corrected chi connectivity index (χ4v) is 1.24.